The zero-order chi connectivity index (χ0) is 48.3. The number of ketones is 4. The Morgan fingerprint density at radius 2 is 1.70 bits per heavy atom. The first-order valence-electron chi connectivity index (χ1n) is 24.9. The number of rotatable bonds is 16. The van der Waals surface area contributed by atoms with Crippen LogP contribution in [0, 0.1) is 18.8 Å². The van der Waals surface area contributed by atoms with E-state index in [0.717, 1.165) is 93.0 Å². The van der Waals surface area contributed by atoms with Gasteiger partial charge in [0.1, 0.15) is 18.1 Å². The zero-order valence-corrected chi connectivity index (χ0v) is 39.7. The molecule has 3 atom stereocenters. The minimum absolute atomic E-state index is 0.0427. The summed E-state index contributed by atoms with van der Waals surface area (Å²) >= 11 is 0. The molecule has 0 radical (unpaired) electrons. The molecule has 4 heterocycles. The molecule has 2 fully saturated rings. The van der Waals surface area contributed by atoms with Crippen LogP contribution in [0.2, 0.25) is 0 Å². The lowest BCUT2D eigenvalue weighted by molar-refractivity contribution is -0.133. The summed E-state index contributed by atoms with van der Waals surface area (Å²) in [7, 11) is 1.65. The number of halogens is 2. The second kappa shape index (κ2) is 20.9. The predicted molar refractivity (Wildman–Crippen MR) is 255 cm³/mol. The van der Waals surface area contributed by atoms with Crippen LogP contribution in [0.25, 0.3) is 11.1 Å². The van der Waals surface area contributed by atoms with Gasteiger partial charge in [-0.2, -0.15) is 5.10 Å². The normalized spacial score (nSPS) is 20.5. The Labute approximate surface area is 401 Å². The number of alkyl halides is 2. The Morgan fingerprint density at radius 1 is 0.913 bits per heavy atom. The van der Waals surface area contributed by atoms with Crippen molar-refractivity contribution in [2.75, 3.05) is 45.2 Å². The highest BCUT2D eigenvalue weighted by molar-refractivity contribution is 6.30. The molecule has 366 valence electrons. The van der Waals surface area contributed by atoms with Crippen molar-refractivity contribution in [3.8, 4) is 11.1 Å². The molecule has 2 aromatic carbocycles. The number of carbonyl (C=O) groups excluding carboxylic acids is 6. The molecule has 2 aliphatic heterocycles. The number of anilines is 1. The van der Waals surface area contributed by atoms with E-state index in [9.17, 15) is 28.8 Å². The first-order chi connectivity index (χ1) is 33.4. The summed E-state index contributed by atoms with van der Waals surface area (Å²) in [5.41, 5.74) is 8.86. The third kappa shape index (κ3) is 9.78. The van der Waals surface area contributed by atoms with Crippen LogP contribution in [0.4, 0.5) is 19.3 Å². The third-order valence-electron chi connectivity index (χ3n) is 15.3. The Kier molecular flexibility index (Phi) is 14.5. The molecule has 1 saturated heterocycles. The number of hydrogen-bond acceptors (Lipinski definition) is 9. The summed E-state index contributed by atoms with van der Waals surface area (Å²) < 4.78 is 39.9. The molecule has 14 nitrogen and oxygen atoms in total. The second-order valence-corrected chi connectivity index (χ2v) is 19.5. The monoisotopic (exact) mass is 947 g/mol. The van der Waals surface area contributed by atoms with Crippen molar-refractivity contribution in [2.45, 2.75) is 128 Å². The van der Waals surface area contributed by atoms with Gasteiger partial charge in [0.2, 0.25) is 5.91 Å². The van der Waals surface area contributed by atoms with Crippen molar-refractivity contribution in [3.63, 3.8) is 0 Å². The number of Topliss-reactive ketones (excluding diaryl/α,β-unsaturated/α-hetero) is 4. The number of carbonyl (C=O) groups is 6. The minimum Gasteiger partial charge on any atom is -0.384 e. The van der Waals surface area contributed by atoms with Gasteiger partial charge in [-0.25, -0.2) is 13.6 Å². The third-order valence-corrected chi connectivity index (χ3v) is 15.3. The summed E-state index contributed by atoms with van der Waals surface area (Å²) in [6.07, 6.45) is 10.1. The molecule has 1 saturated carbocycles. The molecule has 5 aliphatic rings. The SMILES string of the molecule is CNC(=O)N1CCc2c(c(C3CCCc4cc(-c5cnn(CC(=O)NCCCCCCCNc6cccc7c6C(=O)C(C6CCC(=O)CC6=O)C7=O)c5)c(C(F)F)cc43)c(C)n2C2CCOCC2)C1. The van der Waals surface area contributed by atoms with Gasteiger partial charge in [-0.15, -0.1) is 0 Å². The van der Waals surface area contributed by atoms with Crippen LogP contribution in [0.1, 0.15) is 155 Å². The molecular formula is C53H63F2N7O7. The summed E-state index contributed by atoms with van der Waals surface area (Å²) in [4.78, 5) is 78.7. The van der Waals surface area contributed by atoms with Crippen molar-refractivity contribution < 1.29 is 42.3 Å². The van der Waals surface area contributed by atoms with Crippen molar-refractivity contribution >= 4 is 40.8 Å². The van der Waals surface area contributed by atoms with E-state index in [4.69, 9.17) is 4.74 Å². The fourth-order valence-electron chi connectivity index (χ4n) is 11.9. The molecule has 3 N–H and O–H groups in total. The van der Waals surface area contributed by atoms with Gasteiger partial charge in [-0.1, -0.05) is 37.5 Å². The van der Waals surface area contributed by atoms with Crippen LogP contribution in [0.15, 0.2) is 42.7 Å². The number of nitrogens with zero attached hydrogens (tertiary/aromatic N) is 4. The molecule has 2 aromatic heterocycles. The molecule has 9 rings (SSSR count). The average Bonchev–Trinajstić information content (AvgIpc) is 4.01. The number of benzene rings is 2. The molecule has 4 aromatic rings. The zero-order valence-electron chi connectivity index (χ0n) is 39.7. The quantitative estimate of drug-likeness (QED) is 0.0739. The lowest BCUT2D eigenvalue weighted by Gasteiger charge is -2.32. The highest BCUT2D eigenvalue weighted by Gasteiger charge is 2.48. The van der Waals surface area contributed by atoms with Gasteiger partial charge in [-0.3, -0.25) is 28.7 Å². The largest absolute Gasteiger partial charge is 0.384 e. The highest BCUT2D eigenvalue weighted by atomic mass is 19.3. The van der Waals surface area contributed by atoms with Gasteiger partial charge in [0.15, 0.2) is 11.6 Å². The number of hydrogen-bond donors (Lipinski definition) is 3. The number of urea groups is 1. The fourth-order valence-corrected chi connectivity index (χ4v) is 11.9. The van der Waals surface area contributed by atoms with Crippen LogP contribution in [-0.4, -0.2) is 94.2 Å². The Bertz CT molecular complexity index is 2650. The summed E-state index contributed by atoms with van der Waals surface area (Å²) in [6.45, 7) is 5.70. The van der Waals surface area contributed by atoms with Crippen molar-refractivity contribution in [2.24, 2.45) is 11.8 Å². The number of aromatic nitrogens is 3. The van der Waals surface area contributed by atoms with Crippen LogP contribution < -0.4 is 16.0 Å². The maximum Gasteiger partial charge on any atom is 0.317 e. The van der Waals surface area contributed by atoms with Crippen LogP contribution >= 0.6 is 0 Å². The number of ether oxygens (including phenoxy) is 1. The second-order valence-electron chi connectivity index (χ2n) is 19.5. The molecule has 16 heteroatoms. The Morgan fingerprint density at radius 3 is 2.46 bits per heavy atom. The Hall–Kier alpha value is -6.03. The topological polar surface area (TPSA) is 174 Å². The van der Waals surface area contributed by atoms with Crippen molar-refractivity contribution in [3.05, 3.63) is 93.1 Å². The van der Waals surface area contributed by atoms with Crippen LogP contribution in [0.3, 0.4) is 0 Å². The van der Waals surface area contributed by atoms with Gasteiger partial charge in [0, 0.05) is 117 Å². The van der Waals surface area contributed by atoms with Crippen LogP contribution in [-0.2, 0) is 45.1 Å². The summed E-state index contributed by atoms with van der Waals surface area (Å²) in [5.74, 6) is -3.24. The van der Waals surface area contributed by atoms with E-state index in [1.165, 1.54) is 15.9 Å². The smallest absolute Gasteiger partial charge is 0.317 e. The lowest BCUT2D eigenvalue weighted by atomic mass is 9.75. The maximum atomic E-state index is 15.1. The van der Waals surface area contributed by atoms with Crippen LogP contribution in [0.5, 0.6) is 0 Å². The van der Waals surface area contributed by atoms with Gasteiger partial charge in [0.05, 0.1) is 24.1 Å². The number of nitrogens with one attached hydrogen (secondary N) is 3. The predicted octanol–water partition coefficient (Wildman–Crippen LogP) is 8.23. The average molecular weight is 948 g/mol. The number of unbranched alkanes of at least 4 members (excludes halogenated alkanes) is 4. The van der Waals surface area contributed by atoms with Crippen molar-refractivity contribution in [1.29, 1.82) is 0 Å². The first kappa shape index (κ1) is 48.0. The van der Waals surface area contributed by atoms with Gasteiger partial charge < -0.3 is 30.2 Å². The summed E-state index contributed by atoms with van der Waals surface area (Å²) in [5, 5.41) is 13.5. The minimum atomic E-state index is -2.73. The maximum absolute atomic E-state index is 15.1. The van der Waals surface area contributed by atoms with E-state index in [-0.39, 0.29) is 72.4 Å². The molecule has 3 amide bonds. The summed E-state index contributed by atoms with van der Waals surface area (Å²) in [6, 6.07) is 8.94. The molecule has 0 bridgehead atoms. The van der Waals surface area contributed by atoms with Gasteiger partial charge >= 0.3 is 6.03 Å². The van der Waals surface area contributed by atoms with Gasteiger partial charge in [-0.05, 0) is 98.2 Å². The molecule has 3 aliphatic carbocycles. The fraction of sp³-hybridized carbons (Fsp3) is 0.528. The lowest BCUT2D eigenvalue weighted by Crippen LogP contribution is -2.41. The standard InChI is InChI=1S/C53H63F2N7O7/c1-31-47(42-29-60(53(68)56-2)21-16-44(42)62(31)34-17-22-69-23-18-34)36-11-8-10-32-24-39(41(52(54)55)26-40(32)36)33-27-59-61(28-33)30-46(65)58-20-7-5-3-4-6-19-57-43-13-9-12-38-48(43)51(67)49(50(38)66)37-15-14-35(63)25-45(37)64/h9,12-13,24,26-28,34,36-37,49,52,57H,3-8,10-11,14-23,25,29-30H2,1-2H3,(H,56,68)(H,58,65). The number of amides is 3. The molecule has 69 heavy (non-hydrogen) atoms. The van der Waals surface area contributed by atoms with E-state index in [1.54, 1.807) is 43.7 Å². The number of aryl methyl sites for hydroxylation is 1. The molecular weight excluding hydrogens is 885 g/mol. The van der Waals surface area contributed by atoms with E-state index in [0.29, 0.717) is 73.4 Å². The first-order valence-corrected chi connectivity index (χ1v) is 24.9. The Balaban J connectivity index is 0.774. The van der Waals surface area contributed by atoms with E-state index < -0.39 is 18.3 Å². The van der Waals surface area contributed by atoms with Gasteiger partial charge in [0.25, 0.3) is 6.43 Å². The van der Waals surface area contributed by atoms with E-state index in [2.05, 4.69) is 32.5 Å². The van der Waals surface area contributed by atoms with E-state index in [1.807, 2.05) is 11.0 Å². The van der Waals surface area contributed by atoms with E-state index >= 15 is 8.78 Å². The highest BCUT2D eigenvalue weighted by Crippen LogP contribution is 2.47. The molecule has 0 spiro atoms. The van der Waals surface area contributed by atoms with Crippen molar-refractivity contribution in [1.82, 2.24) is 29.9 Å². The number of fused-ring (bicyclic) bond motifs is 3. The molecule has 3 unspecified atom stereocenters.